The monoisotopic (exact) mass is 284 g/mol. The van der Waals surface area contributed by atoms with E-state index in [0.717, 1.165) is 54.4 Å². The molecule has 1 fully saturated rings. The Balaban J connectivity index is 1.86. The molecular formula is C12H17BrN2O. The standard InChI is InChI=1S/C12H17BrN2O/c1-9-6-11(8-15-12(9)13)14-7-10-2-4-16-5-3-10/h6,8,10,14H,2-5,7H2,1H3. The topological polar surface area (TPSA) is 34.1 Å². The number of nitrogens with one attached hydrogen (secondary N) is 1. The predicted molar refractivity (Wildman–Crippen MR) is 68.7 cm³/mol. The molecule has 1 aliphatic rings. The molecule has 88 valence electrons. The number of hydrogen-bond acceptors (Lipinski definition) is 3. The Hall–Kier alpha value is -0.610. The maximum Gasteiger partial charge on any atom is 0.109 e. The number of rotatable bonds is 3. The van der Waals surface area contributed by atoms with E-state index in [1.807, 2.05) is 6.20 Å². The van der Waals surface area contributed by atoms with Gasteiger partial charge < -0.3 is 10.1 Å². The summed E-state index contributed by atoms with van der Waals surface area (Å²) in [5, 5.41) is 3.44. The molecular weight excluding hydrogens is 268 g/mol. The summed E-state index contributed by atoms with van der Waals surface area (Å²) >= 11 is 3.40. The number of aromatic nitrogens is 1. The van der Waals surface area contributed by atoms with E-state index >= 15 is 0 Å². The van der Waals surface area contributed by atoms with Crippen molar-refractivity contribution in [3.63, 3.8) is 0 Å². The fraction of sp³-hybridized carbons (Fsp3) is 0.583. The van der Waals surface area contributed by atoms with Crippen molar-refractivity contribution in [1.82, 2.24) is 4.98 Å². The van der Waals surface area contributed by atoms with Crippen molar-refractivity contribution >= 4 is 21.6 Å². The van der Waals surface area contributed by atoms with E-state index in [-0.39, 0.29) is 0 Å². The van der Waals surface area contributed by atoms with Gasteiger partial charge in [-0.2, -0.15) is 0 Å². The number of halogens is 1. The second-order valence-electron chi connectivity index (χ2n) is 4.27. The van der Waals surface area contributed by atoms with Crippen molar-refractivity contribution in [3.05, 3.63) is 22.4 Å². The van der Waals surface area contributed by atoms with Crippen LogP contribution in [0.5, 0.6) is 0 Å². The van der Waals surface area contributed by atoms with Crippen LogP contribution in [0.25, 0.3) is 0 Å². The molecule has 0 unspecified atom stereocenters. The van der Waals surface area contributed by atoms with Crippen LogP contribution in [0.4, 0.5) is 5.69 Å². The molecule has 0 aliphatic carbocycles. The second kappa shape index (κ2) is 5.64. The molecule has 3 nitrogen and oxygen atoms in total. The SMILES string of the molecule is Cc1cc(NCC2CCOCC2)cnc1Br. The lowest BCUT2D eigenvalue weighted by Crippen LogP contribution is -2.22. The fourth-order valence-corrected chi connectivity index (χ4v) is 2.08. The molecule has 1 saturated heterocycles. The maximum atomic E-state index is 5.34. The Kier molecular flexibility index (Phi) is 4.18. The second-order valence-corrected chi connectivity index (χ2v) is 5.02. The van der Waals surface area contributed by atoms with Crippen molar-refractivity contribution in [2.75, 3.05) is 25.1 Å². The average molecular weight is 285 g/mol. The molecule has 0 bridgehead atoms. The summed E-state index contributed by atoms with van der Waals surface area (Å²) in [5.74, 6) is 0.734. The summed E-state index contributed by atoms with van der Waals surface area (Å²) in [6, 6.07) is 2.12. The molecule has 0 spiro atoms. The van der Waals surface area contributed by atoms with Gasteiger partial charge in [0, 0.05) is 19.8 Å². The van der Waals surface area contributed by atoms with Crippen LogP contribution in [0.3, 0.4) is 0 Å². The quantitative estimate of drug-likeness (QED) is 0.867. The largest absolute Gasteiger partial charge is 0.384 e. The highest BCUT2D eigenvalue weighted by Gasteiger charge is 2.13. The highest BCUT2D eigenvalue weighted by atomic mass is 79.9. The van der Waals surface area contributed by atoms with Crippen LogP contribution in [0, 0.1) is 12.8 Å². The Morgan fingerprint density at radius 1 is 1.50 bits per heavy atom. The highest BCUT2D eigenvalue weighted by molar-refractivity contribution is 9.10. The van der Waals surface area contributed by atoms with Crippen LogP contribution >= 0.6 is 15.9 Å². The molecule has 1 aromatic rings. The lowest BCUT2D eigenvalue weighted by Gasteiger charge is -2.22. The molecule has 2 rings (SSSR count). The first kappa shape index (κ1) is 11.9. The number of pyridine rings is 1. The van der Waals surface area contributed by atoms with Crippen LogP contribution < -0.4 is 5.32 Å². The number of ether oxygens (including phenoxy) is 1. The Morgan fingerprint density at radius 3 is 2.94 bits per heavy atom. The van der Waals surface area contributed by atoms with Crippen LogP contribution in [0.15, 0.2) is 16.9 Å². The lowest BCUT2D eigenvalue weighted by atomic mass is 10.0. The van der Waals surface area contributed by atoms with Crippen LogP contribution in [0.1, 0.15) is 18.4 Å². The molecule has 0 amide bonds. The third-order valence-corrected chi connectivity index (χ3v) is 3.78. The van der Waals surface area contributed by atoms with Gasteiger partial charge in [-0.15, -0.1) is 0 Å². The Bertz CT molecular complexity index is 351. The molecule has 1 aromatic heterocycles. The van der Waals surface area contributed by atoms with Crippen molar-refractivity contribution < 1.29 is 4.74 Å². The van der Waals surface area contributed by atoms with Crippen molar-refractivity contribution in [3.8, 4) is 0 Å². The zero-order chi connectivity index (χ0) is 11.4. The lowest BCUT2D eigenvalue weighted by molar-refractivity contribution is 0.0699. The van der Waals surface area contributed by atoms with Crippen molar-refractivity contribution in [2.45, 2.75) is 19.8 Å². The zero-order valence-electron chi connectivity index (χ0n) is 9.50. The molecule has 1 N–H and O–H groups in total. The summed E-state index contributed by atoms with van der Waals surface area (Å²) < 4.78 is 6.26. The molecule has 16 heavy (non-hydrogen) atoms. The summed E-state index contributed by atoms with van der Waals surface area (Å²) in [6.45, 7) is 4.89. The van der Waals surface area contributed by atoms with Crippen LogP contribution in [-0.2, 0) is 4.74 Å². The molecule has 1 aliphatic heterocycles. The zero-order valence-corrected chi connectivity index (χ0v) is 11.1. The van der Waals surface area contributed by atoms with Gasteiger partial charge >= 0.3 is 0 Å². The number of nitrogens with zero attached hydrogens (tertiary/aromatic N) is 1. The minimum atomic E-state index is 0.734. The molecule has 0 aromatic carbocycles. The summed E-state index contributed by atoms with van der Waals surface area (Å²) in [7, 11) is 0. The van der Waals surface area contributed by atoms with Crippen molar-refractivity contribution in [2.24, 2.45) is 5.92 Å². The molecule has 4 heteroatoms. The predicted octanol–water partition coefficient (Wildman–Crippen LogP) is 2.99. The van der Waals surface area contributed by atoms with E-state index in [9.17, 15) is 0 Å². The van der Waals surface area contributed by atoms with Crippen molar-refractivity contribution in [1.29, 1.82) is 0 Å². The van der Waals surface area contributed by atoms with E-state index in [2.05, 4.69) is 39.2 Å². The third-order valence-electron chi connectivity index (χ3n) is 2.95. The van der Waals surface area contributed by atoms with Crippen LogP contribution in [0.2, 0.25) is 0 Å². The smallest absolute Gasteiger partial charge is 0.109 e. The third kappa shape index (κ3) is 3.19. The number of anilines is 1. The van der Waals surface area contributed by atoms with Gasteiger partial charge in [0.25, 0.3) is 0 Å². The van der Waals surface area contributed by atoms with Gasteiger partial charge in [-0.1, -0.05) is 0 Å². The Labute approximate surface area is 105 Å². The fourth-order valence-electron chi connectivity index (χ4n) is 1.87. The van der Waals surface area contributed by atoms with E-state index in [4.69, 9.17) is 4.74 Å². The first-order chi connectivity index (χ1) is 7.75. The number of aryl methyl sites for hydroxylation is 1. The minimum absolute atomic E-state index is 0.734. The summed E-state index contributed by atoms with van der Waals surface area (Å²) in [6.07, 6.45) is 4.20. The van der Waals surface area contributed by atoms with E-state index in [0.29, 0.717) is 0 Å². The van der Waals surface area contributed by atoms with E-state index < -0.39 is 0 Å². The number of hydrogen-bond donors (Lipinski definition) is 1. The highest BCUT2D eigenvalue weighted by Crippen LogP contribution is 2.19. The summed E-state index contributed by atoms with van der Waals surface area (Å²) in [5.41, 5.74) is 2.27. The van der Waals surface area contributed by atoms with Gasteiger partial charge in [0.1, 0.15) is 4.60 Å². The van der Waals surface area contributed by atoms with Crippen LogP contribution in [-0.4, -0.2) is 24.7 Å². The van der Waals surface area contributed by atoms with Gasteiger partial charge in [-0.3, -0.25) is 0 Å². The molecule has 2 heterocycles. The first-order valence-corrected chi connectivity index (χ1v) is 6.49. The minimum Gasteiger partial charge on any atom is -0.384 e. The van der Waals surface area contributed by atoms with Gasteiger partial charge in [-0.05, 0) is 53.2 Å². The van der Waals surface area contributed by atoms with Gasteiger partial charge in [-0.25, -0.2) is 4.98 Å². The molecule has 0 radical (unpaired) electrons. The first-order valence-electron chi connectivity index (χ1n) is 5.69. The van der Waals surface area contributed by atoms with Gasteiger partial charge in [0.2, 0.25) is 0 Å². The van der Waals surface area contributed by atoms with E-state index in [1.54, 1.807) is 0 Å². The summed E-state index contributed by atoms with van der Waals surface area (Å²) in [4.78, 5) is 4.27. The van der Waals surface area contributed by atoms with Gasteiger partial charge in [0.05, 0.1) is 11.9 Å². The van der Waals surface area contributed by atoms with E-state index in [1.165, 1.54) is 0 Å². The van der Waals surface area contributed by atoms with Gasteiger partial charge in [0.15, 0.2) is 0 Å². The maximum absolute atomic E-state index is 5.34. The molecule has 0 atom stereocenters. The Morgan fingerprint density at radius 2 is 2.25 bits per heavy atom. The molecule has 0 saturated carbocycles. The average Bonchev–Trinajstić information content (AvgIpc) is 2.32. The normalized spacial score (nSPS) is 17.4.